The second-order valence-electron chi connectivity index (χ2n) is 8.29. The first-order valence-electron chi connectivity index (χ1n) is 10.7. The van der Waals surface area contributed by atoms with Crippen LogP contribution in [0.15, 0.2) is 65.4 Å². The third kappa shape index (κ3) is 4.89. The minimum absolute atomic E-state index is 0.00347. The molecule has 7 heteroatoms. The lowest BCUT2D eigenvalue weighted by Gasteiger charge is -2.27. The van der Waals surface area contributed by atoms with Crippen LogP contribution in [0.3, 0.4) is 0 Å². The molecule has 0 N–H and O–H groups in total. The highest BCUT2D eigenvalue weighted by molar-refractivity contribution is 7.88. The highest BCUT2D eigenvalue weighted by Gasteiger charge is 2.29. The molecule has 5 rings (SSSR count). The predicted molar refractivity (Wildman–Crippen MR) is 126 cm³/mol. The van der Waals surface area contributed by atoms with Crippen molar-refractivity contribution in [2.75, 3.05) is 5.75 Å². The molecule has 2 atom stereocenters. The Kier molecular flexibility index (Phi) is 6.02. The number of carbonyl (C=O) groups excluding carboxylic acids is 1. The van der Waals surface area contributed by atoms with Crippen LogP contribution < -0.4 is 0 Å². The van der Waals surface area contributed by atoms with Gasteiger partial charge in [0.05, 0.1) is 30.5 Å². The van der Waals surface area contributed by atoms with Gasteiger partial charge in [-0.1, -0.05) is 42.5 Å². The van der Waals surface area contributed by atoms with Crippen molar-refractivity contribution in [1.82, 2.24) is 9.88 Å². The summed E-state index contributed by atoms with van der Waals surface area (Å²) in [5, 5.41) is 4.71. The first kappa shape index (κ1) is 21.2. The predicted octanol–water partition coefficient (Wildman–Crippen LogP) is 5.04. The number of halogens is 1. The summed E-state index contributed by atoms with van der Waals surface area (Å²) < 4.78 is 25.1. The Hall–Kier alpha value is -2.64. The average molecular weight is 467 g/mol. The van der Waals surface area contributed by atoms with Crippen LogP contribution in [0, 0.1) is 5.82 Å². The number of hydrogen-bond acceptors (Lipinski definition) is 4. The molecule has 0 radical (unpaired) electrons. The Balaban J connectivity index is 1.30. The van der Waals surface area contributed by atoms with E-state index in [2.05, 4.69) is 5.38 Å². The van der Waals surface area contributed by atoms with E-state index in [0.717, 1.165) is 27.4 Å². The van der Waals surface area contributed by atoms with Crippen molar-refractivity contribution in [1.29, 1.82) is 0 Å². The minimum Gasteiger partial charge on any atom is -0.328 e. The maximum absolute atomic E-state index is 13.3. The molecule has 1 saturated carbocycles. The van der Waals surface area contributed by atoms with Gasteiger partial charge in [-0.25, -0.2) is 9.37 Å². The zero-order valence-corrected chi connectivity index (χ0v) is 19.1. The Bertz CT molecular complexity index is 1170. The standard InChI is InChI=1S/C25H23FN2O2S2/c26-21-9-7-19(8-10-21)18-3-1-17(2-4-18)13-25(29)28(22-11-12-32(30)16-22)14-24-27-23(15-31-24)20-5-6-20/h1-4,7-12,15,20,22H,5-6,13-14,16H2. The van der Waals surface area contributed by atoms with Crippen LogP contribution in [0.1, 0.15) is 35.0 Å². The molecule has 1 aliphatic carbocycles. The van der Waals surface area contributed by atoms with Crippen LogP contribution in [-0.4, -0.2) is 31.8 Å². The molecule has 1 fully saturated rings. The summed E-state index contributed by atoms with van der Waals surface area (Å²) in [6.45, 7) is 0.441. The highest BCUT2D eigenvalue weighted by atomic mass is 32.2. The van der Waals surface area contributed by atoms with Gasteiger partial charge in [0.2, 0.25) is 5.91 Å². The molecule has 2 aliphatic rings. The molecule has 1 amide bonds. The molecular formula is C25H23FN2O2S2. The smallest absolute Gasteiger partial charge is 0.227 e. The summed E-state index contributed by atoms with van der Waals surface area (Å²) in [6, 6.07) is 14.0. The maximum Gasteiger partial charge on any atom is 0.227 e. The van der Waals surface area contributed by atoms with E-state index >= 15 is 0 Å². The van der Waals surface area contributed by atoms with Crippen LogP contribution >= 0.6 is 11.3 Å². The topological polar surface area (TPSA) is 50.3 Å². The van der Waals surface area contributed by atoms with Gasteiger partial charge in [-0.15, -0.1) is 11.3 Å². The third-order valence-corrected chi connectivity index (χ3v) is 7.85. The van der Waals surface area contributed by atoms with Crippen LogP contribution in [0.4, 0.5) is 4.39 Å². The Morgan fingerprint density at radius 1 is 1.09 bits per heavy atom. The van der Waals surface area contributed by atoms with Crippen LogP contribution in [0.25, 0.3) is 11.1 Å². The Morgan fingerprint density at radius 3 is 2.41 bits per heavy atom. The summed E-state index contributed by atoms with van der Waals surface area (Å²) in [7, 11) is -1.03. The Morgan fingerprint density at radius 2 is 1.78 bits per heavy atom. The number of amides is 1. The normalized spacial score (nSPS) is 19.9. The minimum atomic E-state index is -1.03. The first-order valence-corrected chi connectivity index (χ1v) is 13.0. The van der Waals surface area contributed by atoms with E-state index in [-0.39, 0.29) is 24.2 Å². The van der Waals surface area contributed by atoms with E-state index in [1.807, 2.05) is 35.2 Å². The molecule has 0 spiro atoms. The quantitative estimate of drug-likeness (QED) is 0.490. The monoisotopic (exact) mass is 466 g/mol. The van der Waals surface area contributed by atoms with Gasteiger partial charge in [0.25, 0.3) is 0 Å². The van der Waals surface area contributed by atoms with E-state index in [1.165, 1.54) is 25.0 Å². The summed E-state index contributed by atoms with van der Waals surface area (Å²) >= 11 is 1.60. The van der Waals surface area contributed by atoms with E-state index in [4.69, 9.17) is 4.98 Å². The summed E-state index contributed by atoms with van der Waals surface area (Å²) in [6.07, 6.45) is 4.54. The van der Waals surface area contributed by atoms with Crippen LogP contribution in [0.5, 0.6) is 0 Å². The molecule has 4 nitrogen and oxygen atoms in total. The number of benzene rings is 2. The van der Waals surface area contributed by atoms with Gasteiger partial charge in [0, 0.05) is 27.5 Å². The molecule has 2 unspecified atom stereocenters. The molecule has 2 aromatic carbocycles. The molecular weight excluding hydrogens is 443 g/mol. The average Bonchev–Trinajstić information content (AvgIpc) is 3.39. The van der Waals surface area contributed by atoms with Gasteiger partial charge in [0.1, 0.15) is 10.8 Å². The third-order valence-electron chi connectivity index (χ3n) is 5.87. The van der Waals surface area contributed by atoms with Gasteiger partial charge in [-0.3, -0.25) is 9.00 Å². The number of aromatic nitrogens is 1. The molecule has 164 valence electrons. The van der Waals surface area contributed by atoms with Gasteiger partial charge in [0.15, 0.2) is 0 Å². The zero-order chi connectivity index (χ0) is 22.1. The second kappa shape index (κ2) is 9.08. The van der Waals surface area contributed by atoms with Crippen molar-refractivity contribution in [3.8, 4) is 11.1 Å². The van der Waals surface area contributed by atoms with Crippen LogP contribution in [0.2, 0.25) is 0 Å². The largest absolute Gasteiger partial charge is 0.328 e. The molecule has 1 aromatic heterocycles. The second-order valence-corrected chi connectivity index (χ2v) is 10.6. The first-order chi connectivity index (χ1) is 15.5. The lowest BCUT2D eigenvalue weighted by atomic mass is 10.0. The lowest BCUT2D eigenvalue weighted by molar-refractivity contribution is -0.132. The van der Waals surface area contributed by atoms with Gasteiger partial charge in [-0.2, -0.15) is 0 Å². The molecule has 0 saturated heterocycles. The lowest BCUT2D eigenvalue weighted by Crippen LogP contribution is -2.40. The van der Waals surface area contributed by atoms with Crippen molar-refractivity contribution >= 4 is 28.0 Å². The molecule has 32 heavy (non-hydrogen) atoms. The highest BCUT2D eigenvalue weighted by Crippen LogP contribution is 2.40. The molecule has 2 heterocycles. The van der Waals surface area contributed by atoms with Crippen molar-refractivity contribution in [3.05, 3.63) is 87.5 Å². The molecule has 1 aliphatic heterocycles. The maximum atomic E-state index is 13.3. The van der Waals surface area contributed by atoms with E-state index < -0.39 is 10.8 Å². The number of nitrogens with zero attached hydrogens (tertiary/aromatic N) is 2. The SMILES string of the molecule is O=C(Cc1ccc(-c2ccc(F)cc2)cc1)N(Cc1nc(C2CC2)cs1)C1C=CS(=O)C1. The Labute approximate surface area is 193 Å². The van der Waals surface area contributed by atoms with Crippen molar-refractivity contribution in [2.45, 2.75) is 37.8 Å². The summed E-state index contributed by atoms with van der Waals surface area (Å²) in [4.78, 5) is 19.8. The van der Waals surface area contributed by atoms with E-state index in [0.29, 0.717) is 18.2 Å². The summed E-state index contributed by atoms with van der Waals surface area (Å²) in [5.41, 5.74) is 3.95. The summed E-state index contributed by atoms with van der Waals surface area (Å²) in [5.74, 6) is 0.761. The van der Waals surface area contributed by atoms with E-state index in [9.17, 15) is 13.4 Å². The fourth-order valence-corrected chi connectivity index (χ4v) is 5.85. The van der Waals surface area contributed by atoms with Crippen molar-refractivity contribution < 1.29 is 13.4 Å². The zero-order valence-electron chi connectivity index (χ0n) is 17.4. The molecule has 3 aromatic rings. The fourth-order valence-electron chi connectivity index (χ4n) is 3.89. The number of hydrogen-bond donors (Lipinski definition) is 0. The molecule has 0 bridgehead atoms. The van der Waals surface area contributed by atoms with Crippen molar-refractivity contribution in [3.63, 3.8) is 0 Å². The number of thiazole rings is 1. The van der Waals surface area contributed by atoms with Gasteiger partial charge in [-0.05, 0) is 41.7 Å². The van der Waals surface area contributed by atoms with Crippen molar-refractivity contribution in [2.24, 2.45) is 0 Å². The number of carbonyl (C=O) groups is 1. The number of rotatable bonds is 7. The van der Waals surface area contributed by atoms with Gasteiger partial charge >= 0.3 is 0 Å². The van der Waals surface area contributed by atoms with Gasteiger partial charge < -0.3 is 4.90 Å². The van der Waals surface area contributed by atoms with E-state index in [1.54, 1.807) is 28.9 Å². The van der Waals surface area contributed by atoms with Crippen LogP contribution in [-0.2, 0) is 28.6 Å². The fraction of sp³-hybridized carbons (Fsp3) is 0.280.